The van der Waals surface area contributed by atoms with E-state index >= 15 is 0 Å². The molecule has 5 nitrogen and oxygen atoms in total. The molecular weight excluding hydrogens is 230 g/mol. The van der Waals surface area contributed by atoms with Gasteiger partial charge in [-0.05, 0) is 6.26 Å². The van der Waals surface area contributed by atoms with Crippen molar-refractivity contribution in [3.63, 3.8) is 0 Å². The minimum atomic E-state index is -1.12. The van der Waals surface area contributed by atoms with Gasteiger partial charge in [-0.25, -0.2) is 0 Å². The fraction of sp³-hybridized carbons (Fsp3) is 0.800. The van der Waals surface area contributed by atoms with Crippen molar-refractivity contribution in [1.29, 1.82) is 0 Å². The Bertz CT molecular complexity index is 255. The predicted molar refractivity (Wildman–Crippen MR) is 63.4 cm³/mol. The third-order valence-electron chi connectivity index (χ3n) is 2.14. The van der Waals surface area contributed by atoms with E-state index in [2.05, 4.69) is 5.32 Å². The summed E-state index contributed by atoms with van der Waals surface area (Å²) in [5, 5.41) is 20.6. The van der Waals surface area contributed by atoms with E-state index in [0.717, 1.165) is 0 Å². The zero-order valence-corrected chi connectivity index (χ0v) is 10.6. The molecule has 0 radical (unpaired) electrons. The summed E-state index contributed by atoms with van der Waals surface area (Å²) in [5.41, 5.74) is -0.521. The van der Waals surface area contributed by atoms with Crippen molar-refractivity contribution in [3.8, 4) is 0 Å². The van der Waals surface area contributed by atoms with Crippen LogP contribution in [-0.2, 0) is 9.59 Å². The standard InChI is InChI=1S/C10H19NO4S/c1-10(2,6-16-3)8(14)9(15)11-5-4-7(12)13/h8,14H,4-6H2,1-3H3,(H,11,15)(H,12,13)/t8-/m0/s1. The van der Waals surface area contributed by atoms with Crippen LogP contribution < -0.4 is 5.32 Å². The number of thioether (sulfide) groups is 1. The number of nitrogens with one attached hydrogen (secondary N) is 1. The van der Waals surface area contributed by atoms with Gasteiger partial charge >= 0.3 is 5.97 Å². The lowest BCUT2D eigenvalue weighted by Gasteiger charge is -2.28. The van der Waals surface area contributed by atoms with Gasteiger partial charge in [0.25, 0.3) is 0 Å². The summed E-state index contributed by atoms with van der Waals surface area (Å²) in [6, 6.07) is 0. The Morgan fingerprint density at radius 3 is 2.44 bits per heavy atom. The van der Waals surface area contributed by atoms with Gasteiger partial charge in [-0.15, -0.1) is 0 Å². The number of carbonyl (C=O) groups excluding carboxylic acids is 1. The highest BCUT2D eigenvalue weighted by Gasteiger charge is 2.32. The van der Waals surface area contributed by atoms with E-state index < -0.39 is 23.4 Å². The lowest BCUT2D eigenvalue weighted by atomic mass is 9.88. The number of aliphatic hydroxyl groups is 1. The van der Waals surface area contributed by atoms with E-state index in [0.29, 0.717) is 5.75 Å². The van der Waals surface area contributed by atoms with Crippen LogP contribution in [0.3, 0.4) is 0 Å². The number of carboxylic acid groups (broad SMARTS) is 1. The van der Waals surface area contributed by atoms with E-state index in [9.17, 15) is 14.7 Å². The van der Waals surface area contributed by atoms with Gasteiger partial charge in [-0.2, -0.15) is 11.8 Å². The van der Waals surface area contributed by atoms with Crippen molar-refractivity contribution in [3.05, 3.63) is 0 Å². The SMILES string of the molecule is CSCC(C)(C)[C@@H](O)C(=O)NCCC(=O)O. The number of hydrogen-bond donors (Lipinski definition) is 3. The summed E-state index contributed by atoms with van der Waals surface area (Å²) in [4.78, 5) is 21.7. The average Bonchev–Trinajstić information content (AvgIpc) is 2.15. The molecule has 0 heterocycles. The van der Waals surface area contributed by atoms with Gasteiger partial charge in [0.2, 0.25) is 5.91 Å². The second kappa shape index (κ2) is 6.75. The maximum atomic E-state index is 11.5. The van der Waals surface area contributed by atoms with Gasteiger partial charge in [0.1, 0.15) is 6.10 Å². The molecule has 0 spiro atoms. The largest absolute Gasteiger partial charge is 0.481 e. The Labute approximate surface area is 99.6 Å². The van der Waals surface area contributed by atoms with Crippen LogP contribution in [-0.4, -0.2) is 46.7 Å². The third-order valence-corrected chi connectivity index (χ3v) is 3.18. The van der Waals surface area contributed by atoms with Crippen LogP contribution in [0.4, 0.5) is 0 Å². The summed E-state index contributed by atoms with van der Waals surface area (Å²) in [6.07, 6.45) is 0.645. The van der Waals surface area contributed by atoms with Crippen molar-refractivity contribution >= 4 is 23.6 Å². The van der Waals surface area contributed by atoms with Gasteiger partial charge in [0, 0.05) is 17.7 Å². The van der Waals surface area contributed by atoms with Gasteiger partial charge in [-0.1, -0.05) is 13.8 Å². The summed E-state index contributed by atoms with van der Waals surface area (Å²) >= 11 is 1.55. The molecule has 0 aliphatic heterocycles. The molecule has 0 saturated carbocycles. The fourth-order valence-electron chi connectivity index (χ4n) is 1.20. The third kappa shape index (κ3) is 5.37. The molecule has 1 amide bonds. The lowest BCUT2D eigenvalue weighted by Crippen LogP contribution is -2.45. The smallest absolute Gasteiger partial charge is 0.305 e. The number of aliphatic carboxylic acids is 1. The normalized spacial score (nSPS) is 13.2. The van der Waals surface area contributed by atoms with Crippen molar-refractivity contribution < 1.29 is 19.8 Å². The molecule has 0 bridgehead atoms. The summed E-state index contributed by atoms with van der Waals surface area (Å²) in [6.45, 7) is 3.64. The Balaban J connectivity index is 4.12. The molecular formula is C10H19NO4S. The zero-order chi connectivity index (χ0) is 12.8. The van der Waals surface area contributed by atoms with E-state index in [-0.39, 0.29) is 13.0 Å². The predicted octanol–water partition coefficient (Wildman–Crippen LogP) is 0.327. The highest BCUT2D eigenvalue weighted by atomic mass is 32.2. The number of carbonyl (C=O) groups is 2. The molecule has 0 rings (SSSR count). The minimum absolute atomic E-state index is 0.0422. The van der Waals surface area contributed by atoms with E-state index in [1.807, 2.05) is 6.26 Å². The second-order valence-electron chi connectivity index (χ2n) is 4.26. The minimum Gasteiger partial charge on any atom is -0.481 e. The van der Waals surface area contributed by atoms with E-state index in [1.165, 1.54) is 0 Å². The first-order chi connectivity index (χ1) is 7.31. The van der Waals surface area contributed by atoms with Gasteiger partial charge in [-0.3, -0.25) is 9.59 Å². The van der Waals surface area contributed by atoms with Gasteiger partial charge in [0.15, 0.2) is 0 Å². The van der Waals surface area contributed by atoms with Crippen LogP contribution >= 0.6 is 11.8 Å². The second-order valence-corrected chi connectivity index (χ2v) is 5.12. The molecule has 0 aliphatic rings. The van der Waals surface area contributed by atoms with Crippen molar-refractivity contribution in [2.24, 2.45) is 5.41 Å². The van der Waals surface area contributed by atoms with E-state index in [4.69, 9.17) is 5.11 Å². The zero-order valence-electron chi connectivity index (χ0n) is 9.82. The van der Waals surface area contributed by atoms with Crippen LogP contribution in [0.1, 0.15) is 20.3 Å². The quantitative estimate of drug-likeness (QED) is 0.605. The molecule has 3 N–H and O–H groups in total. The molecule has 0 aromatic heterocycles. The highest BCUT2D eigenvalue weighted by Crippen LogP contribution is 2.24. The summed E-state index contributed by atoms with van der Waals surface area (Å²) in [5.74, 6) is -0.834. The average molecular weight is 249 g/mol. The maximum absolute atomic E-state index is 11.5. The number of amides is 1. The number of rotatable bonds is 7. The molecule has 0 unspecified atom stereocenters. The molecule has 0 saturated heterocycles. The molecule has 0 aromatic carbocycles. The van der Waals surface area contributed by atoms with Gasteiger partial charge < -0.3 is 15.5 Å². The number of hydrogen-bond acceptors (Lipinski definition) is 4. The number of carboxylic acids is 1. The van der Waals surface area contributed by atoms with Crippen molar-refractivity contribution in [2.75, 3.05) is 18.6 Å². The van der Waals surface area contributed by atoms with Crippen LogP contribution in [0, 0.1) is 5.41 Å². The molecule has 0 aliphatic carbocycles. The first kappa shape index (κ1) is 15.2. The maximum Gasteiger partial charge on any atom is 0.305 e. The van der Waals surface area contributed by atoms with Crippen LogP contribution in [0.25, 0.3) is 0 Å². The van der Waals surface area contributed by atoms with Gasteiger partial charge in [0.05, 0.1) is 6.42 Å². The summed E-state index contributed by atoms with van der Waals surface area (Å²) < 4.78 is 0. The fourth-order valence-corrected chi connectivity index (χ4v) is 2.10. The Morgan fingerprint density at radius 1 is 1.44 bits per heavy atom. The molecule has 0 fully saturated rings. The Hall–Kier alpha value is -0.750. The van der Waals surface area contributed by atoms with Crippen LogP contribution in [0.2, 0.25) is 0 Å². The first-order valence-corrected chi connectivity index (χ1v) is 6.37. The van der Waals surface area contributed by atoms with Crippen molar-refractivity contribution in [1.82, 2.24) is 5.32 Å². The molecule has 1 atom stereocenters. The summed E-state index contributed by atoms with van der Waals surface area (Å²) in [7, 11) is 0. The van der Waals surface area contributed by atoms with Crippen LogP contribution in [0.5, 0.6) is 0 Å². The molecule has 16 heavy (non-hydrogen) atoms. The van der Waals surface area contributed by atoms with Crippen LogP contribution in [0.15, 0.2) is 0 Å². The molecule has 0 aromatic rings. The molecule has 94 valence electrons. The molecule has 6 heteroatoms. The van der Waals surface area contributed by atoms with Crippen molar-refractivity contribution in [2.45, 2.75) is 26.4 Å². The Kier molecular flexibility index (Phi) is 6.43. The monoisotopic (exact) mass is 249 g/mol. The Morgan fingerprint density at radius 2 is 2.00 bits per heavy atom. The van der Waals surface area contributed by atoms with E-state index in [1.54, 1.807) is 25.6 Å². The number of aliphatic hydroxyl groups excluding tert-OH is 1. The highest BCUT2D eigenvalue weighted by molar-refractivity contribution is 7.98. The first-order valence-electron chi connectivity index (χ1n) is 4.97. The lowest BCUT2D eigenvalue weighted by molar-refractivity contribution is -0.137. The topological polar surface area (TPSA) is 86.6 Å².